The van der Waals surface area contributed by atoms with Crippen LogP contribution in [0.25, 0.3) is 0 Å². The number of amides is 1. The van der Waals surface area contributed by atoms with Crippen LogP contribution in [0.1, 0.15) is 16.8 Å². The van der Waals surface area contributed by atoms with E-state index in [-0.39, 0.29) is 23.1 Å². The van der Waals surface area contributed by atoms with Crippen LogP contribution in [0.5, 0.6) is 0 Å². The smallest absolute Gasteiger partial charge is 0.340 e. The topological polar surface area (TPSA) is 116 Å². The maximum absolute atomic E-state index is 11.8. The van der Waals surface area contributed by atoms with Gasteiger partial charge in [0.1, 0.15) is 0 Å². The minimum atomic E-state index is -0.656. The van der Waals surface area contributed by atoms with Gasteiger partial charge >= 0.3 is 5.97 Å². The van der Waals surface area contributed by atoms with E-state index < -0.39 is 10.9 Å². The number of hydrogen-bond acceptors (Lipinski definition) is 6. The summed E-state index contributed by atoms with van der Waals surface area (Å²) in [4.78, 5) is 35.1. The molecule has 1 heterocycles. The fourth-order valence-corrected chi connectivity index (χ4v) is 2.40. The van der Waals surface area contributed by atoms with Crippen molar-refractivity contribution >= 4 is 23.3 Å². The normalized spacial score (nSPS) is 17.6. The summed E-state index contributed by atoms with van der Waals surface area (Å²) in [6, 6.07) is 3.99. The molecule has 0 bridgehead atoms. The van der Waals surface area contributed by atoms with Crippen LogP contribution in [-0.4, -0.2) is 37.0 Å². The molecule has 1 amide bonds. The first-order valence-electron chi connectivity index (χ1n) is 6.35. The zero-order chi connectivity index (χ0) is 15.6. The van der Waals surface area contributed by atoms with E-state index in [1.807, 2.05) is 4.90 Å². The van der Waals surface area contributed by atoms with Crippen molar-refractivity contribution in [2.24, 2.45) is 11.7 Å². The molecule has 21 heavy (non-hydrogen) atoms. The lowest BCUT2D eigenvalue weighted by atomic mass is 10.1. The molecule has 1 atom stereocenters. The Morgan fingerprint density at radius 1 is 1.48 bits per heavy atom. The second-order valence-corrected chi connectivity index (χ2v) is 4.78. The first-order chi connectivity index (χ1) is 9.93. The summed E-state index contributed by atoms with van der Waals surface area (Å²) in [5.41, 5.74) is 5.71. The van der Waals surface area contributed by atoms with E-state index >= 15 is 0 Å². The average Bonchev–Trinajstić information content (AvgIpc) is 2.95. The molecule has 0 saturated carbocycles. The zero-order valence-electron chi connectivity index (χ0n) is 11.4. The van der Waals surface area contributed by atoms with E-state index in [9.17, 15) is 19.7 Å². The third kappa shape index (κ3) is 2.93. The number of ether oxygens (including phenoxy) is 1. The lowest BCUT2D eigenvalue weighted by Crippen LogP contribution is -2.28. The van der Waals surface area contributed by atoms with Crippen LogP contribution in [-0.2, 0) is 9.53 Å². The lowest BCUT2D eigenvalue weighted by Gasteiger charge is -2.20. The number of nitrogens with zero attached hydrogens (tertiary/aromatic N) is 2. The van der Waals surface area contributed by atoms with E-state index in [2.05, 4.69) is 4.74 Å². The number of nitrogens with two attached hydrogens (primary N) is 1. The molecule has 1 fully saturated rings. The molecule has 0 radical (unpaired) electrons. The number of non-ortho nitro benzene ring substituents is 1. The molecule has 112 valence electrons. The van der Waals surface area contributed by atoms with Crippen molar-refractivity contribution in [2.75, 3.05) is 25.1 Å². The van der Waals surface area contributed by atoms with Gasteiger partial charge in [0.15, 0.2) is 0 Å². The summed E-state index contributed by atoms with van der Waals surface area (Å²) in [5.74, 6) is -1.33. The molecule has 0 aromatic heterocycles. The molecule has 2 N–H and O–H groups in total. The SMILES string of the molecule is COC(=O)c1cc([N+](=O)[O-])ccc1N1CCC(C(N)=O)C1. The highest BCUT2D eigenvalue weighted by molar-refractivity contribution is 5.97. The number of nitro benzene ring substituents is 1. The molecule has 2 rings (SSSR count). The molecular weight excluding hydrogens is 278 g/mol. The molecule has 1 aromatic carbocycles. The molecule has 0 spiro atoms. The molecule has 8 nitrogen and oxygen atoms in total. The van der Waals surface area contributed by atoms with Crippen LogP contribution >= 0.6 is 0 Å². The Bertz CT molecular complexity index is 601. The molecule has 1 aromatic rings. The Morgan fingerprint density at radius 3 is 2.71 bits per heavy atom. The second kappa shape index (κ2) is 5.78. The van der Waals surface area contributed by atoms with Gasteiger partial charge in [-0.1, -0.05) is 0 Å². The van der Waals surface area contributed by atoms with Crippen LogP contribution in [0.15, 0.2) is 18.2 Å². The van der Waals surface area contributed by atoms with Gasteiger partial charge in [0.25, 0.3) is 5.69 Å². The predicted octanol–water partition coefficient (Wildman–Crippen LogP) is 0.693. The van der Waals surface area contributed by atoms with Gasteiger partial charge in [-0.15, -0.1) is 0 Å². The molecule has 1 unspecified atom stereocenters. The van der Waals surface area contributed by atoms with E-state index in [0.717, 1.165) is 0 Å². The lowest BCUT2D eigenvalue weighted by molar-refractivity contribution is -0.384. The Labute approximate surface area is 120 Å². The highest BCUT2D eigenvalue weighted by atomic mass is 16.6. The first-order valence-corrected chi connectivity index (χ1v) is 6.35. The van der Waals surface area contributed by atoms with Gasteiger partial charge in [0, 0.05) is 25.2 Å². The number of anilines is 1. The highest BCUT2D eigenvalue weighted by Crippen LogP contribution is 2.30. The Balaban J connectivity index is 2.37. The fourth-order valence-electron chi connectivity index (χ4n) is 2.40. The van der Waals surface area contributed by atoms with Gasteiger partial charge in [0.05, 0.1) is 29.2 Å². The van der Waals surface area contributed by atoms with Crippen molar-refractivity contribution in [1.82, 2.24) is 0 Å². The van der Waals surface area contributed by atoms with E-state index in [1.54, 1.807) is 0 Å². The number of esters is 1. The Kier molecular flexibility index (Phi) is 4.06. The molecule has 8 heteroatoms. The summed E-state index contributed by atoms with van der Waals surface area (Å²) in [7, 11) is 1.21. The number of carbonyl (C=O) groups excluding carboxylic acids is 2. The fraction of sp³-hybridized carbons (Fsp3) is 0.385. The maximum Gasteiger partial charge on any atom is 0.340 e. The van der Waals surface area contributed by atoms with E-state index in [1.165, 1.54) is 25.3 Å². The third-order valence-corrected chi connectivity index (χ3v) is 3.53. The molecule has 1 saturated heterocycles. The zero-order valence-corrected chi connectivity index (χ0v) is 11.4. The van der Waals surface area contributed by atoms with Gasteiger partial charge in [0.2, 0.25) is 5.91 Å². The summed E-state index contributed by atoms with van der Waals surface area (Å²) in [6.45, 7) is 0.937. The monoisotopic (exact) mass is 293 g/mol. The van der Waals surface area contributed by atoms with Crippen molar-refractivity contribution in [3.8, 4) is 0 Å². The number of nitro groups is 1. The van der Waals surface area contributed by atoms with Gasteiger partial charge in [-0.05, 0) is 12.5 Å². The minimum Gasteiger partial charge on any atom is -0.465 e. The van der Waals surface area contributed by atoms with Crippen LogP contribution < -0.4 is 10.6 Å². The van der Waals surface area contributed by atoms with Crippen molar-refractivity contribution in [2.45, 2.75) is 6.42 Å². The molecule has 1 aliphatic heterocycles. The number of hydrogen-bond donors (Lipinski definition) is 1. The Hall–Kier alpha value is -2.64. The average molecular weight is 293 g/mol. The number of benzene rings is 1. The van der Waals surface area contributed by atoms with Crippen LogP contribution in [0, 0.1) is 16.0 Å². The number of methoxy groups -OCH3 is 1. The van der Waals surface area contributed by atoms with Crippen molar-refractivity contribution in [3.63, 3.8) is 0 Å². The third-order valence-electron chi connectivity index (χ3n) is 3.53. The van der Waals surface area contributed by atoms with E-state index in [4.69, 9.17) is 5.73 Å². The number of carbonyl (C=O) groups is 2. The first kappa shape index (κ1) is 14.8. The van der Waals surface area contributed by atoms with E-state index in [0.29, 0.717) is 25.2 Å². The van der Waals surface area contributed by atoms with Crippen molar-refractivity contribution < 1.29 is 19.2 Å². The van der Waals surface area contributed by atoms with Crippen LogP contribution in [0.2, 0.25) is 0 Å². The predicted molar refractivity (Wildman–Crippen MR) is 74.0 cm³/mol. The largest absolute Gasteiger partial charge is 0.465 e. The second-order valence-electron chi connectivity index (χ2n) is 4.78. The Morgan fingerprint density at radius 2 is 2.19 bits per heavy atom. The molecular formula is C13H15N3O5. The number of rotatable bonds is 4. The van der Waals surface area contributed by atoms with Crippen LogP contribution in [0.4, 0.5) is 11.4 Å². The summed E-state index contributed by atoms with van der Waals surface area (Å²) >= 11 is 0. The highest BCUT2D eigenvalue weighted by Gasteiger charge is 2.30. The molecule has 1 aliphatic rings. The van der Waals surface area contributed by atoms with Gasteiger partial charge in [-0.3, -0.25) is 14.9 Å². The van der Waals surface area contributed by atoms with Gasteiger partial charge < -0.3 is 15.4 Å². The van der Waals surface area contributed by atoms with Gasteiger partial charge in [-0.25, -0.2) is 4.79 Å². The standard InChI is InChI=1S/C13H15N3O5/c1-21-13(18)10-6-9(16(19)20)2-3-11(10)15-5-4-8(7-15)12(14)17/h2-3,6,8H,4-5,7H2,1H3,(H2,14,17). The van der Waals surface area contributed by atoms with Crippen molar-refractivity contribution in [3.05, 3.63) is 33.9 Å². The summed E-state index contributed by atoms with van der Waals surface area (Å²) in [5, 5.41) is 10.8. The van der Waals surface area contributed by atoms with Gasteiger partial charge in [-0.2, -0.15) is 0 Å². The molecule has 0 aliphatic carbocycles. The van der Waals surface area contributed by atoms with Crippen LogP contribution in [0.3, 0.4) is 0 Å². The number of primary amides is 1. The summed E-state index contributed by atoms with van der Waals surface area (Å²) < 4.78 is 4.67. The minimum absolute atomic E-state index is 0.108. The quantitative estimate of drug-likeness (QED) is 0.496. The van der Waals surface area contributed by atoms with Crippen molar-refractivity contribution in [1.29, 1.82) is 0 Å². The maximum atomic E-state index is 11.8. The summed E-state index contributed by atoms with van der Waals surface area (Å²) in [6.07, 6.45) is 0.590.